The number of hydrogen-bond donors (Lipinski definition) is 2. The van der Waals surface area contributed by atoms with Crippen molar-refractivity contribution in [2.45, 2.75) is 40.3 Å². The van der Waals surface area contributed by atoms with Crippen molar-refractivity contribution in [2.75, 3.05) is 18.4 Å². The highest BCUT2D eigenvalue weighted by atomic mass is 16.3. The topological polar surface area (TPSA) is 74.6 Å². The Labute approximate surface area is 160 Å². The molecule has 2 rings (SSSR count). The van der Waals surface area contributed by atoms with Gasteiger partial charge in [-0.15, -0.1) is 0 Å². The van der Waals surface area contributed by atoms with Gasteiger partial charge in [0.15, 0.2) is 0 Å². The Morgan fingerprint density at radius 2 is 1.85 bits per heavy atom. The lowest BCUT2D eigenvalue weighted by Gasteiger charge is -2.30. The van der Waals surface area contributed by atoms with Gasteiger partial charge >= 0.3 is 0 Å². The Morgan fingerprint density at radius 3 is 2.48 bits per heavy atom. The summed E-state index contributed by atoms with van der Waals surface area (Å²) in [6, 6.07) is 10.9. The average molecular weight is 371 g/mol. The lowest BCUT2D eigenvalue weighted by molar-refractivity contribution is -0.117. The summed E-state index contributed by atoms with van der Waals surface area (Å²) >= 11 is 0. The SMILES string of the molecule is CCN(CC(=O)Nc1ccccc1C(=O)NCc1ccco1)C(C)C(C)C. The van der Waals surface area contributed by atoms with Crippen LogP contribution in [0.1, 0.15) is 43.8 Å². The van der Waals surface area contributed by atoms with Gasteiger partial charge in [-0.25, -0.2) is 0 Å². The van der Waals surface area contributed by atoms with Gasteiger partial charge in [0.25, 0.3) is 5.91 Å². The number of hydrogen-bond acceptors (Lipinski definition) is 4. The molecular formula is C21H29N3O3. The number of amides is 2. The number of rotatable bonds is 9. The predicted octanol–water partition coefficient (Wildman–Crippen LogP) is 3.51. The molecule has 0 radical (unpaired) electrons. The van der Waals surface area contributed by atoms with Crippen LogP contribution in [0.3, 0.4) is 0 Å². The zero-order chi connectivity index (χ0) is 19.8. The van der Waals surface area contributed by atoms with Gasteiger partial charge in [0.2, 0.25) is 5.91 Å². The van der Waals surface area contributed by atoms with Gasteiger partial charge < -0.3 is 15.1 Å². The maximum Gasteiger partial charge on any atom is 0.253 e. The number of likely N-dealkylation sites (N-methyl/N-ethyl adjacent to an activating group) is 1. The number of carbonyl (C=O) groups is 2. The maximum absolute atomic E-state index is 12.5. The second-order valence-corrected chi connectivity index (χ2v) is 6.90. The van der Waals surface area contributed by atoms with E-state index >= 15 is 0 Å². The second-order valence-electron chi connectivity index (χ2n) is 6.90. The standard InChI is InChI=1S/C21H29N3O3/c1-5-24(16(4)15(2)3)14-20(25)23-19-11-7-6-10-18(19)21(26)22-13-17-9-8-12-27-17/h6-12,15-16H,5,13-14H2,1-4H3,(H,22,26)(H,23,25). The molecular weight excluding hydrogens is 342 g/mol. The van der Waals surface area contributed by atoms with E-state index in [1.54, 1.807) is 42.7 Å². The summed E-state index contributed by atoms with van der Waals surface area (Å²) < 4.78 is 5.22. The monoisotopic (exact) mass is 371 g/mol. The molecule has 27 heavy (non-hydrogen) atoms. The van der Waals surface area contributed by atoms with Crippen LogP contribution in [0.25, 0.3) is 0 Å². The molecule has 6 nitrogen and oxygen atoms in total. The molecule has 1 heterocycles. The van der Waals surface area contributed by atoms with Crippen molar-refractivity contribution in [3.05, 3.63) is 54.0 Å². The molecule has 0 saturated heterocycles. The van der Waals surface area contributed by atoms with Crippen molar-refractivity contribution in [3.8, 4) is 0 Å². The van der Waals surface area contributed by atoms with Crippen molar-refractivity contribution < 1.29 is 14.0 Å². The van der Waals surface area contributed by atoms with Crippen molar-refractivity contribution in [2.24, 2.45) is 5.92 Å². The van der Waals surface area contributed by atoms with Crippen molar-refractivity contribution in [1.29, 1.82) is 0 Å². The van der Waals surface area contributed by atoms with E-state index in [4.69, 9.17) is 4.42 Å². The molecule has 0 saturated carbocycles. The summed E-state index contributed by atoms with van der Waals surface area (Å²) in [5.74, 6) is 0.740. The normalized spacial score (nSPS) is 12.2. The third-order valence-corrected chi connectivity index (χ3v) is 4.74. The van der Waals surface area contributed by atoms with Crippen molar-refractivity contribution in [3.63, 3.8) is 0 Å². The molecule has 2 N–H and O–H groups in total. The zero-order valence-corrected chi connectivity index (χ0v) is 16.5. The molecule has 6 heteroatoms. The predicted molar refractivity (Wildman–Crippen MR) is 106 cm³/mol. The van der Waals surface area contributed by atoms with Crippen LogP contribution in [0.5, 0.6) is 0 Å². The number of furan rings is 1. The summed E-state index contributed by atoms with van der Waals surface area (Å²) in [4.78, 5) is 27.2. The minimum Gasteiger partial charge on any atom is -0.467 e. The lowest BCUT2D eigenvalue weighted by Crippen LogP contribution is -2.41. The van der Waals surface area contributed by atoms with E-state index in [2.05, 4.69) is 36.3 Å². The molecule has 146 valence electrons. The molecule has 0 spiro atoms. The van der Waals surface area contributed by atoms with E-state index in [9.17, 15) is 9.59 Å². The molecule has 0 aliphatic rings. The molecule has 0 aliphatic heterocycles. The minimum absolute atomic E-state index is 0.129. The molecule has 0 bridgehead atoms. The number of benzene rings is 1. The number of carbonyl (C=O) groups excluding carboxylic acids is 2. The molecule has 2 aromatic rings. The fourth-order valence-corrected chi connectivity index (χ4v) is 2.81. The first-order valence-corrected chi connectivity index (χ1v) is 9.35. The number of nitrogens with zero attached hydrogens (tertiary/aromatic N) is 1. The van der Waals surface area contributed by atoms with Gasteiger partial charge in [-0.05, 0) is 43.7 Å². The molecule has 0 fully saturated rings. The summed E-state index contributed by atoms with van der Waals surface area (Å²) in [5, 5.41) is 5.68. The lowest BCUT2D eigenvalue weighted by atomic mass is 10.0. The summed E-state index contributed by atoms with van der Waals surface area (Å²) in [7, 11) is 0. The van der Waals surface area contributed by atoms with E-state index in [-0.39, 0.29) is 18.4 Å². The van der Waals surface area contributed by atoms with Gasteiger partial charge in [0.1, 0.15) is 5.76 Å². The van der Waals surface area contributed by atoms with Crippen LogP contribution in [-0.4, -0.2) is 35.8 Å². The Morgan fingerprint density at radius 1 is 1.11 bits per heavy atom. The largest absolute Gasteiger partial charge is 0.467 e. The smallest absolute Gasteiger partial charge is 0.253 e. The Kier molecular flexibility index (Phi) is 7.61. The number of nitrogens with one attached hydrogen (secondary N) is 2. The molecule has 0 aliphatic carbocycles. The molecule has 2 amide bonds. The maximum atomic E-state index is 12.5. The fraction of sp³-hybridized carbons (Fsp3) is 0.429. The Balaban J connectivity index is 2.01. The van der Waals surface area contributed by atoms with E-state index in [0.29, 0.717) is 35.5 Å². The first-order valence-electron chi connectivity index (χ1n) is 9.35. The van der Waals surface area contributed by atoms with Crippen LogP contribution < -0.4 is 10.6 Å². The summed E-state index contributed by atoms with van der Waals surface area (Å²) in [5.41, 5.74) is 0.935. The van der Waals surface area contributed by atoms with Crippen LogP contribution in [0.15, 0.2) is 47.1 Å². The first-order chi connectivity index (χ1) is 12.9. The zero-order valence-electron chi connectivity index (χ0n) is 16.5. The van der Waals surface area contributed by atoms with Crippen molar-refractivity contribution in [1.82, 2.24) is 10.2 Å². The van der Waals surface area contributed by atoms with Crippen molar-refractivity contribution >= 4 is 17.5 Å². The minimum atomic E-state index is -0.259. The average Bonchev–Trinajstić information content (AvgIpc) is 3.17. The van der Waals surface area contributed by atoms with Gasteiger partial charge in [-0.2, -0.15) is 0 Å². The summed E-state index contributed by atoms with van der Waals surface area (Å²) in [6.45, 7) is 9.83. The highest BCUT2D eigenvalue weighted by Gasteiger charge is 2.19. The molecule has 1 aromatic heterocycles. The van der Waals surface area contributed by atoms with Crippen LogP contribution >= 0.6 is 0 Å². The Hall–Kier alpha value is -2.60. The number of para-hydroxylation sites is 1. The van der Waals surface area contributed by atoms with Crippen LogP contribution in [0.4, 0.5) is 5.69 Å². The molecule has 1 atom stereocenters. The summed E-state index contributed by atoms with van der Waals surface area (Å²) in [6.07, 6.45) is 1.56. The van der Waals surface area contributed by atoms with Crippen LogP contribution in [-0.2, 0) is 11.3 Å². The van der Waals surface area contributed by atoms with Gasteiger partial charge in [0.05, 0.1) is 30.6 Å². The Bertz CT molecular complexity index is 741. The fourth-order valence-electron chi connectivity index (χ4n) is 2.81. The van der Waals surface area contributed by atoms with Gasteiger partial charge in [-0.1, -0.05) is 32.9 Å². The first kappa shape index (κ1) is 20.7. The van der Waals surface area contributed by atoms with E-state index in [1.807, 2.05) is 6.92 Å². The van der Waals surface area contributed by atoms with Crippen LogP contribution in [0.2, 0.25) is 0 Å². The molecule has 1 aromatic carbocycles. The third-order valence-electron chi connectivity index (χ3n) is 4.74. The van der Waals surface area contributed by atoms with E-state index in [0.717, 1.165) is 6.54 Å². The molecule has 1 unspecified atom stereocenters. The van der Waals surface area contributed by atoms with Gasteiger partial charge in [0, 0.05) is 6.04 Å². The highest BCUT2D eigenvalue weighted by molar-refractivity contribution is 6.04. The van der Waals surface area contributed by atoms with Gasteiger partial charge in [-0.3, -0.25) is 14.5 Å². The third kappa shape index (κ3) is 5.96. The van der Waals surface area contributed by atoms with Crippen LogP contribution in [0, 0.1) is 5.92 Å². The van der Waals surface area contributed by atoms with E-state index < -0.39 is 0 Å². The second kappa shape index (κ2) is 9.92. The van der Waals surface area contributed by atoms with E-state index in [1.165, 1.54) is 0 Å². The number of anilines is 1. The quantitative estimate of drug-likeness (QED) is 0.707. The highest BCUT2D eigenvalue weighted by Crippen LogP contribution is 2.16.